The maximum absolute atomic E-state index is 13.7. The second-order valence-electron chi connectivity index (χ2n) is 6.96. The van der Waals surface area contributed by atoms with Crippen LogP contribution >= 0.6 is 11.3 Å². The van der Waals surface area contributed by atoms with E-state index >= 15 is 0 Å². The highest BCUT2D eigenvalue weighted by molar-refractivity contribution is 7.08. The topological polar surface area (TPSA) is 47.6 Å². The monoisotopic (exact) mass is 545 g/mol. The predicted octanol–water partition coefficient (Wildman–Crippen LogP) is 5.52. The van der Waals surface area contributed by atoms with Gasteiger partial charge in [0.25, 0.3) is 0 Å². The summed E-state index contributed by atoms with van der Waals surface area (Å²) in [6.45, 7) is -0.602. The number of carbonyl (C=O) groups excluding carboxylic acids is 1. The minimum Gasteiger partial charge on any atom is -0.485 e. The summed E-state index contributed by atoms with van der Waals surface area (Å²) in [7, 11) is 0. The Hall–Kier alpha value is -2.14. The Kier molecular flexibility index (Phi) is 7.29. The van der Waals surface area contributed by atoms with Gasteiger partial charge in [-0.2, -0.15) is 57.1 Å². The molecule has 1 unspecified atom stereocenters. The van der Waals surface area contributed by atoms with E-state index in [1.807, 2.05) is 5.32 Å². The lowest BCUT2D eigenvalue weighted by Gasteiger charge is -2.39. The van der Waals surface area contributed by atoms with E-state index in [0.29, 0.717) is 5.75 Å². The summed E-state index contributed by atoms with van der Waals surface area (Å²) in [6.07, 6.45) is -12.7. The predicted molar refractivity (Wildman–Crippen MR) is 87.3 cm³/mol. The average molecular weight is 545 g/mol. The third-order valence-corrected chi connectivity index (χ3v) is 5.20. The highest BCUT2D eigenvalue weighted by Gasteiger charge is 2.90. The summed E-state index contributed by atoms with van der Waals surface area (Å²) in [4.78, 5) is 11.6. The Bertz CT molecular complexity index is 884. The van der Waals surface area contributed by atoms with Crippen molar-refractivity contribution in [3.8, 4) is 11.5 Å². The summed E-state index contributed by atoms with van der Waals surface area (Å²) in [6, 6.07) is 0. The molecule has 0 spiro atoms. The summed E-state index contributed by atoms with van der Waals surface area (Å²) >= 11 is 1.19. The largest absolute Gasteiger partial charge is 0.485 e. The second kappa shape index (κ2) is 8.82. The summed E-state index contributed by atoms with van der Waals surface area (Å²) in [5.74, 6) is -38.2. The van der Waals surface area contributed by atoms with E-state index in [4.69, 9.17) is 9.47 Å². The smallest absolute Gasteiger partial charge is 0.460 e. The van der Waals surface area contributed by atoms with Crippen LogP contribution in [-0.2, 0) is 4.79 Å². The number of alkyl halides is 13. The molecule has 4 nitrogen and oxygen atoms in total. The molecule has 18 heteroatoms. The molecule has 0 bridgehead atoms. The van der Waals surface area contributed by atoms with Crippen molar-refractivity contribution >= 4 is 17.2 Å². The fourth-order valence-electron chi connectivity index (χ4n) is 2.51. The molecular formula is C16H12F13NO3S. The molecule has 1 amide bonds. The minimum absolute atomic E-state index is 0.146. The average Bonchev–Trinajstić information content (AvgIpc) is 3.17. The molecule has 2 heterocycles. The standard InChI is InChI=1S/C16H12F13NO3S/c17-11(18,12(19,20)13(21,22)14(23,24)15(25,26)16(27,28)29)2-1-10(31)30-3-7-4-32-8-5-34-6-9(8)33-7/h5-7H,1-4H2,(H,30,31). The van der Waals surface area contributed by atoms with E-state index < -0.39 is 67.2 Å². The van der Waals surface area contributed by atoms with Crippen LogP contribution in [0.4, 0.5) is 57.1 Å². The molecule has 1 aromatic heterocycles. The molecule has 0 radical (unpaired) electrons. The second-order valence-corrected chi connectivity index (χ2v) is 7.70. The first kappa shape index (κ1) is 28.1. The molecule has 0 aromatic carbocycles. The van der Waals surface area contributed by atoms with Crippen LogP contribution in [-0.4, -0.2) is 61.0 Å². The quantitative estimate of drug-likeness (QED) is 0.416. The molecule has 1 aromatic rings. The highest BCUT2D eigenvalue weighted by Crippen LogP contribution is 2.60. The Morgan fingerprint density at radius 1 is 0.853 bits per heavy atom. The molecule has 0 fully saturated rings. The van der Waals surface area contributed by atoms with Crippen LogP contribution in [0, 0.1) is 0 Å². The first-order valence-corrected chi connectivity index (χ1v) is 9.71. The highest BCUT2D eigenvalue weighted by atomic mass is 32.1. The number of halogens is 13. The zero-order valence-electron chi connectivity index (χ0n) is 16.1. The fourth-order valence-corrected chi connectivity index (χ4v) is 3.18. The molecule has 1 N–H and O–H groups in total. The summed E-state index contributed by atoms with van der Waals surface area (Å²) in [5, 5.41) is 4.96. The molecule has 1 atom stereocenters. The van der Waals surface area contributed by atoms with Gasteiger partial charge in [-0.15, -0.1) is 11.3 Å². The van der Waals surface area contributed by atoms with Gasteiger partial charge in [0.15, 0.2) is 11.5 Å². The van der Waals surface area contributed by atoms with E-state index in [1.165, 1.54) is 16.7 Å². The van der Waals surface area contributed by atoms with Crippen molar-refractivity contribution in [2.24, 2.45) is 0 Å². The van der Waals surface area contributed by atoms with Crippen LogP contribution in [0.25, 0.3) is 0 Å². The Morgan fingerprint density at radius 2 is 1.38 bits per heavy atom. The van der Waals surface area contributed by atoms with E-state index in [9.17, 15) is 61.9 Å². The van der Waals surface area contributed by atoms with Gasteiger partial charge in [0, 0.05) is 23.6 Å². The first-order valence-electron chi connectivity index (χ1n) is 8.77. The molecule has 0 saturated carbocycles. The zero-order valence-corrected chi connectivity index (χ0v) is 16.9. The molecule has 0 saturated heterocycles. The van der Waals surface area contributed by atoms with Gasteiger partial charge in [0.2, 0.25) is 5.91 Å². The number of carbonyl (C=O) groups is 1. The number of rotatable bonds is 9. The van der Waals surface area contributed by atoms with Gasteiger partial charge in [-0.1, -0.05) is 0 Å². The van der Waals surface area contributed by atoms with E-state index in [1.54, 1.807) is 5.38 Å². The number of hydrogen-bond donors (Lipinski definition) is 1. The van der Waals surface area contributed by atoms with E-state index in [2.05, 4.69) is 0 Å². The number of hydrogen-bond acceptors (Lipinski definition) is 4. The van der Waals surface area contributed by atoms with Gasteiger partial charge in [0.1, 0.15) is 12.7 Å². The molecule has 1 aliphatic heterocycles. The van der Waals surface area contributed by atoms with Crippen molar-refractivity contribution in [1.29, 1.82) is 0 Å². The van der Waals surface area contributed by atoms with Gasteiger partial charge in [-0.05, 0) is 0 Å². The Morgan fingerprint density at radius 3 is 1.94 bits per heavy atom. The lowest BCUT2D eigenvalue weighted by molar-refractivity contribution is -0.440. The van der Waals surface area contributed by atoms with Crippen molar-refractivity contribution < 1.29 is 71.3 Å². The number of nitrogens with one attached hydrogen (secondary N) is 1. The molecule has 2 rings (SSSR count). The van der Waals surface area contributed by atoms with Gasteiger partial charge in [0.05, 0.1) is 6.54 Å². The van der Waals surface area contributed by atoms with Crippen molar-refractivity contribution in [2.45, 2.75) is 54.7 Å². The number of ether oxygens (including phenoxy) is 2. The Balaban J connectivity index is 2.04. The van der Waals surface area contributed by atoms with E-state index in [-0.39, 0.29) is 12.4 Å². The van der Waals surface area contributed by atoms with Gasteiger partial charge in [-0.3, -0.25) is 4.79 Å². The Labute approximate surface area is 185 Å². The van der Waals surface area contributed by atoms with Crippen LogP contribution in [0.5, 0.6) is 11.5 Å². The van der Waals surface area contributed by atoms with Gasteiger partial charge < -0.3 is 14.8 Å². The third kappa shape index (κ3) is 4.68. The third-order valence-electron chi connectivity index (χ3n) is 4.50. The molecule has 196 valence electrons. The van der Waals surface area contributed by atoms with Crippen LogP contribution in [0.15, 0.2) is 10.8 Å². The number of amides is 1. The fraction of sp³-hybridized carbons (Fsp3) is 0.688. The first-order chi connectivity index (χ1) is 15.2. The van der Waals surface area contributed by atoms with Crippen molar-refractivity contribution in [1.82, 2.24) is 5.32 Å². The van der Waals surface area contributed by atoms with Gasteiger partial charge >= 0.3 is 35.8 Å². The molecule has 34 heavy (non-hydrogen) atoms. The van der Waals surface area contributed by atoms with Crippen molar-refractivity contribution in [3.63, 3.8) is 0 Å². The number of fused-ring (bicyclic) bond motifs is 1. The summed E-state index contributed by atoms with van der Waals surface area (Å²) in [5.41, 5.74) is 0. The maximum Gasteiger partial charge on any atom is 0.460 e. The van der Waals surface area contributed by atoms with E-state index in [0.717, 1.165) is 0 Å². The maximum atomic E-state index is 13.7. The van der Waals surface area contributed by atoms with Crippen LogP contribution in [0.2, 0.25) is 0 Å². The summed E-state index contributed by atoms with van der Waals surface area (Å²) < 4.78 is 180. The van der Waals surface area contributed by atoms with Crippen LogP contribution in [0.1, 0.15) is 12.8 Å². The minimum atomic E-state index is -7.97. The lowest BCUT2D eigenvalue weighted by Crippen LogP contribution is -2.70. The zero-order chi connectivity index (χ0) is 26.4. The van der Waals surface area contributed by atoms with Crippen LogP contribution < -0.4 is 14.8 Å². The van der Waals surface area contributed by atoms with Crippen molar-refractivity contribution in [2.75, 3.05) is 13.2 Å². The van der Waals surface area contributed by atoms with Crippen LogP contribution in [0.3, 0.4) is 0 Å². The number of thiophene rings is 1. The molecule has 0 aliphatic carbocycles. The molecular weight excluding hydrogens is 533 g/mol. The van der Waals surface area contributed by atoms with Gasteiger partial charge in [-0.25, -0.2) is 0 Å². The SMILES string of the molecule is O=C(CCC(F)(F)C(F)(F)C(F)(F)C(F)(F)C(F)(F)C(F)(F)F)NCC1COc2cscc2O1. The lowest BCUT2D eigenvalue weighted by atomic mass is 9.92. The molecule has 1 aliphatic rings. The normalized spacial score (nSPS) is 18.1. The van der Waals surface area contributed by atoms with Crippen molar-refractivity contribution in [3.05, 3.63) is 10.8 Å².